The first-order valence-corrected chi connectivity index (χ1v) is 16.2. The summed E-state index contributed by atoms with van der Waals surface area (Å²) in [5.74, 6) is 0. The van der Waals surface area contributed by atoms with Crippen LogP contribution in [0.15, 0.2) is 111 Å². The molecule has 0 radical (unpaired) electrons. The Labute approximate surface area is 242 Å². The van der Waals surface area contributed by atoms with Crippen molar-refractivity contribution in [2.75, 3.05) is 0 Å². The molecule has 0 aliphatic rings. The van der Waals surface area contributed by atoms with Gasteiger partial charge in [-0.2, -0.15) is 0 Å². The predicted octanol–water partition coefficient (Wildman–Crippen LogP) is 6.27. The maximum absolute atomic E-state index is 13.3. The topological polar surface area (TPSA) is 77.1 Å². The highest BCUT2D eigenvalue weighted by Gasteiger charge is 2.24. The fourth-order valence-electron chi connectivity index (χ4n) is 5.28. The van der Waals surface area contributed by atoms with Crippen LogP contribution in [0.25, 0.3) is 11.4 Å². The van der Waals surface area contributed by atoms with Crippen LogP contribution in [0.3, 0.4) is 0 Å². The highest BCUT2D eigenvalue weighted by molar-refractivity contribution is 7.91. The highest BCUT2D eigenvalue weighted by atomic mass is 32.2. The van der Waals surface area contributed by atoms with E-state index < -0.39 is 19.7 Å². The van der Waals surface area contributed by atoms with Crippen molar-refractivity contribution in [3.8, 4) is 11.4 Å². The number of hydrogen-bond donors (Lipinski definition) is 0. The van der Waals surface area contributed by atoms with Crippen LogP contribution >= 0.6 is 0 Å². The molecule has 0 spiro atoms. The van der Waals surface area contributed by atoms with Crippen LogP contribution in [0.5, 0.6) is 0 Å². The lowest BCUT2D eigenvalue weighted by atomic mass is 10.1. The van der Waals surface area contributed by atoms with E-state index in [2.05, 4.69) is 0 Å². The van der Waals surface area contributed by atoms with Gasteiger partial charge in [0.2, 0.25) is 19.7 Å². The van der Waals surface area contributed by atoms with Gasteiger partial charge in [-0.05, 0) is 112 Å². The van der Waals surface area contributed by atoms with E-state index >= 15 is 0 Å². The fraction of sp³-hybridized carbons (Fsp3) is 0.182. The van der Waals surface area contributed by atoms with Crippen molar-refractivity contribution in [2.45, 2.75) is 61.1 Å². The van der Waals surface area contributed by atoms with Gasteiger partial charge < -0.3 is 0 Å². The summed E-state index contributed by atoms with van der Waals surface area (Å²) in [5.41, 5.74) is 7.08. The zero-order valence-electron chi connectivity index (χ0n) is 24.0. The number of imidazole rings is 1. The third kappa shape index (κ3) is 5.25. The second kappa shape index (κ2) is 10.4. The summed E-state index contributed by atoms with van der Waals surface area (Å²) in [7, 11) is -7.30. The van der Waals surface area contributed by atoms with Gasteiger partial charge in [0, 0.05) is 0 Å². The molecule has 0 atom stereocenters. The Balaban J connectivity index is 1.51. The molecule has 0 bridgehead atoms. The zero-order chi connectivity index (χ0) is 29.7. The Morgan fingerprint density at radius 3 is 1.34 bits per heavy atom. The maximum Gasteiger partial charge on any atom is 0.254 e. The van der Waals surface area contributed by atoms with Gasteiger partial charge in [-0.15, -0.1) is 0 Å². The predicted molar refractivity (Wildman–Crippen MR) is 160 cm³/mol. The van der Waals surface area contributed by atoms with Crippen LogP contribution in [0.2, 0.25) is 0 Å². The smallest absolute Gasteiger partial charge is 0.219 e. The molecule has 5 aromatic rings. The number of sulfone groups is 2. The Hall–Kier alpha value is -4.01. The van der Waals surface area contributed by atoms with Gasteiger partial charge in [0.05, 0.1) is 19.6 Å². The van der Waals surface area contributed by atoms with Gasteiger partial charge in [-0.1, -0.05) is 35.4 Å². The lowest BCUT2D eigenvalue weighted by Gasteiger charge is -2.12. The number of aryl methyl sites for hydroxylation is 6. The largest absolute Gasteiger partial charge is 0.254 e. The summed E-state index contributed by atoms with van der Waals surface area (Å²) >= 11 is 0. The van der Waals surface area contributed by atoms with E-state index in [9.17, 15) is 16.8 Å². The third-order valence-corrected chi connectivity index (χ3v) is 10.9. The summed E-state index contributed by atoms with van der Waals surface area (Å²) in [6.45, 7) is 11.5. The number of hydrogen-bond acceptors (Lipinski definition) is 4. The van der Waals surface area contributed by atoms with Crippen molar-refractivity contribution in [2.24, 2.45) is 0 Å². The summed E-state index contributed by atoms with van der Waals surface area (Å²) in [4.78, 5) is 1.06. The normalized spacial score (nSPS) is 12.0. The van der Waals surface area contributed by atoms with E-state index in [1.165, 1.54) is 0 Å². The first kappa shape index (κ1) is 28.5. The Bertz CT molecular complexity index is 1810. The molecule has 5 rings (SSSR count). The number of nitrogens with zero attached hydrogens (tertiary/aromatic N) is 2. The molecule has 0 aliphatic carbocycles. The number of benzene rings is 4. The highest BCUT2D eigenvalue weighted by Crippen LogP contribution is 2.29. The van der Waals surface area contributed by atoms with Crippen LogP contribution in [-0.4, -0.2) is 21.4 Å². The molecule has 1 heterocycles. The molecule has 0 amide bonds. The molecule has 41 heavy (non-hydrogen) atoms. The van der Waals surface area contributed by atoms with Crippen LogP contribution in [0.4, 0.5) is 0 Å². The van der Waals surface area contributed by atoms with E-state index in [1.807, 2.05) is 69.4 Å². The Morgan fingerprint density at radius 1 is 0.537 bits per heavy atom. The molecular weight excluding hydrogens is 553 g/mol. The second-order valence-corrected chi connectivity index (χ2v) is 14.6. The monoisotopic (exact) mass is 585 g/mol. The molecule has 4 aromatic carbocycles. The SMILES string of the molecule is Cc1ccc(S(=O)(=O)c2cc(C)c(-n3cc[n+](-c4c(C)cc(S(=O)(=O)c5ccc(C)cc5)cc4C)c3)c(C)c2)cc1. The lowest BCUT2D eigenvalue weighted by molar-refractivity contribution is -0.595. The summed E-state index contributed by atoms with van der Waals surface area (Å²) in [5, 5.41) is 0. The Morgan fingerprint density at radius 2 is 0.927 bits per heavy atom. The van der Waals surface area contributed by atoms with Crippen LogP contribution in [0, 0.1) is 41.5 Å². The average molecular weight is 586 g/mol. The summed E-state index contributed by atoms with van der Waals surface area (Å²) in [6, 6.07) is 20.6. The first-order chi connectivity index (χ1) is 19.3. The molecule has 0 saturated heterocycles. The van der Waals surface area contributed by atoms with E-state index in [0.717, 1.165) is 44.8 Å². The van der Waals surface area contributed by atoms with E-state index in [1.54, 1.807) is 72.8 Å². The molecule has 0 N–H and O–H groups in total. The van der Waals surface area contributed by atoms with Gasteiger partial charge in [0.15, 0.2) is 0 Å². The summed E-state index contributed by atoms with van der Waals surface area (Å²) in [6.07, 6.45) is 5.76. The van der Waals surface area contributed by atoms with Gasteiger partial charge in [0.1, 0.15) is 23.8 Å². The van der Waals surface area contributed by atoms with Crippen molar-refractivity contribution < 1.29 is 21.4 Å². The molecule has 210 valence electrons. The van der Waals surface area contributed by atoms with E-state index in [0.29, 0.717) is 0 Å². The average Bonchev–Trinajstić information content (AvgIpc) is 3.37. The van der Waals surface area contributed by atoms with Crippen LogP contribution < -0.4 is 4.57 Å². The van der Waals surface area contributed by atoms with Crippen molar-refractivity contribution in [3.63, 3.8) is 0 Å². The maximum atomic E-state index is 13.3. The minimum Gasteiger partial charge on any atom is -0.219 e. The van der Waals surface area contributed by atoms with Crippen LogP contribution in [-0.2, 0) is 19.7 Å². The molecule has 0 unspecified atom stereocenters. The standard InChI is InChI=1S/C33H33N2O4S2/c1-22-7-11-28(12-8-22)40(36,37)30-17-24(3)32(25(4)18-30)34-15-16-35(21-34)33-26(5)19-31(20-27(33)6)41(38,39)29-13-9-23(2)10-14-29/h7-21H,1-6H3/q+1. The Kier molecular flexibility index (Phi) is 7.26. The van der Waals surface area contributed by atoms with E-state index in [-0.39, 0.29) is 19.6 Å². The van der Waals surface area contributed by atoms with Crippen molar-refractivity contribution >= 4 is 19.7 Å². The molecule has 6 nitrogen and oxygen atoms in total. The van der Waals surface area contributed by atoms with Crippen molar-refractivity contribution in [1.82, 2.24) is 4.57 Å². The van der Waals surface area contributed by atoms with Crippen LogP contribution in [0.1, 0.15) is 33.4 Å². The minimum atomic E-state index is -3.65. The number of aromatic nitrogens is 2. The zero-order valence-corrected chi connectivity index (χ0v) is 25.6. The first-order valence-electron chi connectivity index (χ1n) is 13.2. The van der Waals surface area contributed by atoms with E-state index in [4.69, 9.17) is 0 Å². The molecule has 1 aromatic heterocycles. The minimum absolute atomic E-state index is 0.261. The molecule has 0 saturated carbocycles. The quantitative estimate of drug-likeness (QED) is 0.220. The fourth-order valence-corrected chi connectivity index (χ4v) is 8.14. The van der Waals surface area contributed by atoms with Gasteiger partial charge in [-0.25, -0.2) is 26.0 Å². The van der Waals surface area contributed by atoms with Gasteiger partial charge in [-0.3, -0.25) is 0 Å². The molecule has 0 aliphatic heterocycles. The van der Waals surface area contributed by atoms with Gasteiger partial charge in [0.25, 0.3) is 6.33 Å². The van der Waals surface area contributed by atoms with Crippen molar-refractivity contribution in [1.29, 1.82) is 0 Å². The van der Waals surface area contributed by atoms with Crippen molar-refractivity contribution in [3.05, 3.63) is 125 Å². The molecular formula is C33H33N2O4S2+. The second-order valence-electron chi connectivity index (χ2n) is 10.7. The molecule has 0 fully saturated rings. The lowest BCUT2D eigenvalue weighted by Crippen LogP contribution is -2.30. The number of rotatable bonds is 6. The van der Waals surface area contributed by atoms with Gasteiger partial charge >= 0.3 is 0 Å². The summed E-state index contributed by atoms with van der Waals surface area (Å²) < 4.78 is 57.2. The molecule has 8 heteroatoms. The third-order valence-electron chi connectivity index (χ3n) is 7.37.